The number of methoxy groups -OCH3 is 3. The molecule has 0 aliphatic heterocycles. The van der Waals surface area contributed by atoms with E-state index in [1.54, 1.807) is 27.4 Å². The topological polar surface area (TPSA) is 52.6 Å². The zero-order chi connectivity index (χ0) is 15.2. The van der Waals surface area contributed by atoms with Crippen molar-refractivity contribution in [3.63, 3.8) is 0 Å². The molecule has 5 nitrogen and oxygen atoms in total. The second-order valence-corrected chi connectivity index (χ2v) is 4.21. The van der Waals surface area contributed by atoms with E-state index in [9.17, 15) is 0 Å². The van der Waals surface area contributed by atoms with E-state index in [0.717, 1.165) is 0 Å². The third-order valence-electron chi connectivity index (χ3n) is 2.95. The summed E-state index contributed by atoms with van der Waals surface area (Å²) < 4.78 is 15.8. The molecule has 0 unspecified atom stereocenters. The highest BCUT2D eigenvalue weighted by molar-refractivity contribution is 5.80. The van der Waals surface area contributed by atoms with Gasteiger partial charge in [0.25, 0.3) is 0 Å². The Bertz CT molecular complexity index is 619. The minimum Gasteiger partial charge on any atom is -0.494 e. The van der Waals surface area contributed by atoms with Crippen LogP contribution in [-0.2, 0) is 0 Å². The minimum absolute atomic E-state index is 0.530. The third kappa shape index (κ3) is 3.25. The van der Waals surface area contributed by atoms with Crippen molar-refractivity contribution in [3.05, 3.63) is 48.7 Å². The molecule has 0 saturated carbocycles. The maximum absolute atomic E-state index is 5.34. The molecular weight excluding hydrogens is 268 g/mol. The van der Waals surface area contributed by atoms with E-state index in [1.807, 2.05) is 30.3 Å². The van der Waals surface area contributed by atoms with Crippen molar-refractivity contribution < 1.29 is 14.2 Å². The number of anilines is 1. The normalized spacial score (nSPS) is 9.86. The van der Waals surface area contributed by atoms with Crippen LogP contribution in [0.25, 0.3) is 5.70 Å². The number of aromatic nitrogens is 1. The van der Waals surface area contributed by atoms with Gasteiger partial charge in [-0.05, 0) is 18.2 Å². The Labute approximate surface area is 124 Å². The molecule has 1 aromatic heterocycles. The molecule has 1 N–H and O–H groups in total. The summed E-state index contributed by atoms with van der Waals surface area (Å²) in [5.74, 6) is 1.86. The zero-order valence-electron chi connectivity index (χ0n) is 12.3. The van der Waals surface area contributed by atoms with Gasteiger partial charge in [0.15, 0.2) is 0 Å². The van der Waals surface area contributed by atoms with Crippen LogP contribution in [0.5, 0.6) is 17.4 Å². The van der Waals surface area contributed by atoms with Gasteiger partial charge < -0.3 is 19.5 Å². The van der Waals surface area contributed by atoms with Crippen LogP contribution >= 0.6 is 0 Å². The molecule has 0 saturated heterocycles. The van der Waals surface area contributed by atoms with E-state index < -0.39 is 0 Å². The third-order valence-corrected chi connectivity index (χ3v) is 2.95. The number of pyridine rings is 1. The summed E-state index contributed by atoms with van der Waals surface area (Å²) in [6, 6.07) is 11.0. The lowest BCUT2D eigenvalue weighted by atomic mass is 10.2. The summed E-state index contributed by atoms with van der Waals surface area (Å²) in [4.78, 5) is 4.33. The van der Waals surface area contributed by atoms with Crippen LogP contribution in [0, 0.1) is 0 Å². The molecule has 2 aromatic rings. The van der Waals surface area contributed by atoms with Crippen molar-refractivity contribution in [1.29, 1.82) is 0 Å². The summed E-state index contributed by atoms with van der Waals surface area (Å²) in [5.41, 5.74) is 2.01. The molecule has 0 amide bonds. The smallest absolute Gasteiger partial charge is 0.213 e. The van der Waals surface area contributed by atoms with Gasteiger partial charge in [0.1, 0.15) is 17.2 Å². The van der Waals surface area contributed by atoms with Crippen molar-refractivity contribution >= 4 is 11.4 Å². The maximum Gasteiger partial charge on any atom is 0.213 e. The average Bonchev–Trinajstić information content (AvgIpc) is 2.54. The highest BCUT2D eigenvalue weighted by Crippen LogP contribution is 2.36. The number of benzene rings is 1. The summed E-state index contributed by atoms with van der Waals surface area (Å²) in [7, 11) is 4.78. The van der Waals surface area contributed by atoms with Gasteiger partial charge >= 0.3 is 0 Å². The number of nitrogens with one attached hydrogen (secondary N) is 1. The van der Waals surface area contributed by atoms with E-state index in [0.29, 0.717) is 34.5 Å². The summed E-state index contributed by atoms with van der Waals surface area (Å²) >= 11 is 0. The number of rotatable bonds is 6. The predicted molar refractivity (Wildman–Crippen MR) is 83.0 cm³/mol. The fourth-order valence-corrected chi connectivity index (χ4v) is 1.89. The summed E-state index contributed by atoms with van der Waals surface area (Å²) in [6.45, 7) is 4.01. The first-order chi connectivity index (χ1) is 10.2. The lowest BCUT2D eigenvalue weighted by molar-refractivity contribution is 0.397. The first kappa shape index (κ1) is 14.7. The molecule has 0 atom stereocenters. The Kier molecular flexibility index (Phi) is 4.66. The van der Waals surface area contributed by atoms with Crippen molar-refractivity contribution in [2.45, 2.75) is 0 Å². The van der Waals surface area contributed by atoms with Crippen LogP contribution in [0.4, 0.5) is 5.69 Å². The van der Waals surface area contributed by atoms with Gasteiger partial charge in [-0.3, -0.25) is 0 Å². The number of nitrogens with zero attached hydrogens (tertiary/aromatic N) is 1. The van der Waals surface area contributed by atoms with E-state index >= 15 is 0 Å². The Morgan fingerprint density at radius 1 is 0.952 bits per heavy atom. The summed E-state index contributed by atoms with van der Waals surface area (Å²) in [6.07, 6.45) is 0. The van der Waals surface area contributed by atoms with Crippen LogP contribution in [0.3, 0.4) is 0 Å². The first-order valence-electron chi connectivity index (χ1n) is 6.38. The lowest BCUT2D eigenvalue weighted by Gasteiger charge is -2.16. The Balaban J connectivity index is 2.30. The Morgan fingerprint density at radius 3 is 2.14 bits per heavy atom. The van der Waals surface area contributed by atoms with Crippen molar-refractivity contribution in [1.82, 2.24) is 4.98 Å². The number of hydrogen-bond donors (Lipinski definition) is 1. The Hall–Kier alpha value is -2.69. The summed E-state index contributed by atoms with van der Waals surface area (Å²) in [5, 5.41) is 3.19. The molecule has 0 radical (unpaired) electrons. The van der Waals surface area contributed by atoms with E-state index in [1.165, 1.54) is 0 Å². The number of hydrogen-bond acceptors (Lipinski definition) is 5. The standard InChI is InChI=1S/C16H18N2O3/c1-11(12-7-5-10-15(18-12)21-4)17-16-13(19-2)8-6-9-14(16)20-3/h5-10,17H,1H2,2-4H3. The highest BCUT2D eigenvalue weighted by Gasteiger charge is 2.12. The molecule has 2 rings (SSSR count). The number of para-hydroxylation sites is 1. The van der Waals surface area contributed by atoms with Crippen LogP contribution in [-0.4, -0.2) is 26.3 Å². The van der Waals surface area contributed by atoms with E-state index in [4.69, 9.17) is 14.2 Å². The maximum atomic E-state index is 5.34. The first-order valence-corrected chi connectivity index (χ1v) is 6.38. The second-order valence-electron chi connectivity index (χ2n) is 4.21. The minimum atomic E-state index is 0.530. The fourth-order valence-electron chi connectivity index (χ4n) is 1.89. The molecule has 0 spiro atoms. The van der Waals surface area contributed by atoms with E-state index in [-0.39, 0.29) is 0 Å². The van der Waals surface area contributed by atoms with Crippen molar-refractivity contribution in [2.75, 3.05) is 26.6 Å². The SMILES string of the molecule is C=C(Nc1c(OC)cccc1OC)c1cccc(OC)n1. The average molecular weight is 286 g/mol. The molecule has 0 aliphatic carbocycles. The monoisotopic (exact) mass is 286 g/mol. The van der Waals surface area contributed by atoms with Gasteiger partial charge in [0.05, 0.1) is 32.7 Å². The largest absolute Gasteiger partial charge is 0.494 e. The van der Waals surface area contributed by atoms with Crippen molar-refractivity contribution in [3.8, 4) is 17.4 Å². The van der Waals surface area contributed by atoms with Gasteiger partial charge in [-0.1, -0.05) is 18.7 Å². The zero-order valence-corrected chi connectivity index (χ0v) is 12.3. The highest BCUT2D eigenvalue weighted by atomic mass is 16.5. The van der Waals surface area contributed by atoms with Crippen LogP contribution in [0.1, 0.15) is 5.69 Å². The lowest BCUT2D eigenvalue weighted by Crippen LogP contribution is -2.04. The molecule has 110 valence electrons. The quantitative estimate of drug-likeness (QED) is 0.883. The molecule has 21 heavy (non-hydrogen) atoms. The van der Waals surface area contributed by atoms with Crippen molar-refractivity contribution in [2.24, 2.45) is 0 Å². The molecule has 1 aromatic carbocycles. The Morgan fingerprint density at radius 2 is 1.57 bits per heavy atom. The molecule has 5 heteroatoms. The second kappa shape index (κ2) is 6.65. The van der Waals surface area contributed by atoms with Crippen LogP contribution in [0.2, 0.25) is 0 Å². The number of ether oxygens (including phenoxy) is 3. The van der Waals surface area contributed by atoms with Crippen LogP contribution < -0.4 is 19.5 Å². The fraction of sp³-hybridized carbons (Fsp3) is 0.188. The van der Waals surface area contributed by atoms with Gasteiger partial charge in [0.2, 0.25) is 5.88 Å². The molecule has 0 aliphatic rings. The van der Waals surface area contributed by atoms with Gasteiger partial charge in [-0.15, -0.1) is 0 Å². The van der Waals surface area contributed by atoms with Gasteiger partial charge in [-0.2, -0.15) is 0 Å². The molecular formula is C16H18N2O3. The molecule has 0 fully saturated rings. The molecule has 1 heterocycles. The van der Waals surface area contributed by atoms with Crippen LogP contribution in [0.15, 0.2) is 43.0 Å². The predicted octanol–water partition coefficient (Wildman–Crippen LogP) is 3.19. The van der Waals surface area contributed by atoms with Gasteiger partial charge in [0, 0.05) is 6.07 Å². The van der Waals surface area contributed by atoms with Gasteiger partial charge in [-0.25, -0.2) is 4.98 Å². The van der Waals surface area contributed by atoms with E-state index in [2.05, 4.69) is 16.9 Å². The molecule has 0 bridgehead atoms.